The first kappa shape index (κ1) is 18.2. The predicted octanol–water partition coefficient (Wildman–Crippen LogP) is 1.03. The standard InChI is InChI=1S/C16H18N2O5/c1-10(15(20)22-2)8-13(16(21)23-3)18-14(19)12-6-4-11(9-17)5-7-12/h4-7,10,13H,8H2,1-3H3,(H,18,19)/t10-,13+/m0/s1. The Morgan fingerprint density at radius 3 is 2.17 bits per heavy atom. The SMILES string of the molecule is COC(=O)[C@@H](C)C[C@@H](NC(=O)c1ccc(C#N)cc1)C(=O)OC. The number of ether oxygens (including phenoxy) is 2. The van der Waals surface area contributed by atoms with E-state index in [2.05, 4.69) is 14.8 Å². The number of nitrogens with zero attached hydrogens (tertiary/aromatic N) is 1. The van der Waals surface area contributed by atoms with Crippen molar-refractivity contribution in [1.29, 1.82) is 5.26 Å². The Labute approximate surface area is 134 Å². The summed E-state index contributed by atoms with van der Waals surface area (Å²) in [6, 6.07) is 6.93. The van der Waals surface area contributed by atoms with Gasteiger partial charge in [0, 0.05) is 5.56 Å². The second-order valence-electron chi connectivity index (χ2n) is 4.90. The van der Waals surface area contributed by atoms with Crippen molar-refractivity contribution in [2.75, 3.05) is 14.2 Å². The van der Waals surface area contributed by atoms with Crippen LogP contribution in [0, 0.1) is 17.2 Å². The molecule has 23 heavy (non-hydrogen) atoms. The van der Waals surface area contributed by atoms with E-state index in [9.17, 15) is 14.4 Å². The zero-order chi connectivity index (χ0) is 17.4. The summed E-state index contributed by atoms with van der Waals surface area (Å²) in [5.41, 5.74) is 0.717. The molecule has 0 heterocycles. The fourth-order valence-corrected chi connectivity index (χ4v) is 1.95. The predicted molar refractivity (Wildman–Crippen MR) is 80.2 cm³/mol. The summed E-state index contributed by atoms with van der Waals surface area (Å²) < 4.78 is 9.26. The number of carbonyl (C=O) groups is 3. The molecule has 1 N–H and O–H groups in total. The molecule has 0 saturated carbocycles. The Bertz CT molecular complexity index is 618. The summed E-state index contributed by atoms with van der Waals surface area (Å²) in [6.07, 6.45) is 0.0569. The van der Waals surface area contributed by atoms with Crippen LogP contribution < -0.4 is 5.32 Å². The van der Waals surface area contributed by atoms with Crippen molar-refractivity contribution in [3.63, 3.8) is 0 Å². The van der Waals surface area contributed by atoms with Crippen LogP contribution in [0.2, 0.25) is 0 Å². The molecular formula is C16H18N2O5. The Morgan fingerprint density at radius 2 is 1.70 bits per heavy atom. The maximum absolute atomic E-state index is 12.2. The van der Waals surface area contributed by atoms with Gasteiger partial charge in [0.1, 0.15) is 6.04 Å². The summed E-state index contributed by atoms with van der Waals surface area (Å²) in [5, 5.41) is 11.3. The molecule has 1 aromatic rings. The molecular weight excluding hydrogens is 300 g/mol. The number of hydrogen-bond acceptors (Lipinski definition) is 6. The average Bonchev–Trinajstić information content (AvgIpc) is 2.59. The first-order valence-corrected chi connectivity index (χ1v) is 6.89. The topological polar surface area (TPSA) is 105 Å². The largest absolute Gasteiger partial charge is 0.469 e. The highest BCUT2D eigenvalue weighted by Gasteiger charge is 2.27. The van der Waals surface area contributed by atoms with E-state index in [0.29, 0.717) is 11.1 Å². The fraction of sp³-hybridized carbons (Fsp3) is 0.375. The van der Waals surface area contributed by atoms with E-state index in [0.717, 1.165) is 0 Å². The van der Waals surface area contributed by atoms with Crippen molar-refractivity contribution < 1.29 is 23.9 Å². The zero-order valence-corrected chi connectivity index (χ0v) is 13.2. The molecule has 0 radical (unpaired) electrons. The number of rotatable bonds is 6. The van der Waals surface area contributed by atoms with Crippen LogP contribution in [0.3, 0.4) is 0 Å². The second kappa shape index (κ2) is 8.54. The third kappa shape index (κ3) is 5.11. The van der Waals surface area contributed by atoms with Gasteiger partial charge < -0.3 is 14.8 Å². The summed E-state index contributed by atoms with van der Waals surface area (Å²) in [7, 11) is 2.45. The molecule has 0 spiro atoms. The van der Waals surface area contributed by atoms with Gasteiger partial charge >= 0.3 is 11.9 Å². The molecule has 0 fully saturated rings. The van der Waals surface area contributed by atoms with E-state index in [1.54, 1.807) is 6.92 Å². The Hall–Kier alpha value is -2.88. The molecule has 0 aliphatic carbocycles. The molecule has 2 atom stereocenters. The smallest absolute Gasteiger partial charge is 0.328 e. The van der Waals surface area contributed by atoms with Crippen LogP contribution in [0.15, 0.2) is 24.3 Å². The number of carbonyl (C=O) groups excluding carboxylic acids is 3. The van der Waals surface area contributed by atoms with E-state index in [4.69, 9.17) is 5.26 Å². The van der Waals surface area contributed by atoms with Crippen molar-refractivity contribution >= 4 is 17.8 Å². The molecule has 1 rings (SSSR count). The van der Waals surface area contributed by atoms with Crippen molar-refractivity contribution in [1.82, 2.24) is 5.32 Å². The van der Waals surface area contributed by atoms with E-state index in [1.807, 2.05) is 6.07 Å². The summed E-state index contributed by atoms with van der Waals surface area (Å²) in [5.74, 6) is -2.21. The lowest BCUT2D eigenvalue weighted by atomic mass is 10.0. The molecule has 1 aromatic carbocycles. The van der Waals surface area contributed by atoms with Crippen LogP contribution >= 0.6 is 0 Å². The number of nitriles is 1. The molecule has 122 valence electrons. The first-order chi connectivity index (χ1) is 10.9. The maximum atomic E-state index is 12.2. The molecule has 0 aliphatic heterocycles. The van der Waals surface area contributed by atoms with Crippen molar-refractivity contribution in [2.24, 2.45) is 5.92 Å². The molecule has 1 amide bonds. The highest BCUT2D eigenvalue weighted by molar-refractivity contribution is 5.97. The van der Waals surface area contributed by atoms with Gasteiger partial charge in [-0.3, -0.25) is 9.59 Å². The lowest BCUT2D eigenvalue weighted by Crippen LogP contribution is -2.43. The van der Waals surface area contributed by atoms with Gasteiger partial charge in [-0.2, -0.15) is 5.26 Å². The summed E-state index contributed by atoms with van der Waals surface area (Å²) in [6.45, 7) is 1.59. The van der Waals surface area contributed by atoms with Crippen LogP contribution in [-0.4, -0.2) is 38.1 Å². The number of nitrogens with one attached hydrogen (secondary N) is 1. The molecule has 0 bridgehead atoms. The van der Waals surface area contributed by atoms with Crippen molar-refractivity contribution in [3.8, 4) is 6.07 Å². The lowest BCUT2D eigenvalue weighted by molar-refractivity contribution is -0.147. The van der Waals surface area contributed by atoms with E-state index >= 15 is 0 Å². The van der Waals surface area contributed by atoms with Crippen LogP contribution in [0.4, 0.5) is 0 Å². The van der Waals surface area contributed by atoms with E-state index in [1.165, 1.54) is 38.5 Å². The Balaban J connectivity index is 2.83. The monoisotopic (exact) mass is 318 g/mol. The Morgan fingerprint density at radius 1 is 1.13 bits per heavy atom. The number of benzene rings is 1. The van der Waals surface area contributed by atoms with Gasteiger partial charge in [0.05, 0.1) is 31.8 Å². The number of hydrogen-bond donors (Lipinski definition) is 1. The van der Waals surface area contributed by atoms with Gasteiger partial charge in [0.15, 0.2) is 0 Å². The van der Waals surface area contributed by atoms with Gasteiger partial charge in [0.2, 0.25) is 0 Å². The highest BCUT2D eigenvalue weighted by Crippen LogP contribution is 2.11. The van der Waals surface area contributed by atoms with Crippen molar-refractivity contribution in [2.45, 2.75) is 19.4 Å². The van der Waals surface area contributed by atoms with Gasteiger partial charge in [-0.25, -0.2) is 4.79 Å². The zero-order valence-electron chi connectivity index (χ0n) is 13.2. The number of methoxy groups -OCH3 is 2. The molecule has 0 unspecified atom stereocenters. The first-order valence-electron chi connectivity index (χ1n) is 6.89. The molecule has 0 aliphatic rings. The van der Waals surface area contributed by atoms with Gasteiger partial charge in [-0.15, -0.1) is 0 Å². The van der Waals surface area contributed by atoms with Crippen molar-refractivity contribution in [3.05, 3.63) is 35.4 Å². The number of amides is 1. The maximum Gasteiger partial charge on any atom is 0.328 e. The minimum atomic E-state index is -0.975. The fourth-order valence-electron chi connectivity index (χ4n) is 1.95. The van der Waals surface area contributed by atoms with Gasteiger partial charge in [0.25, 0.3) is 5.91 Å². The van der Waals surface area contributed by atoms with Crippen LogP contribution in [0.5, 0.6) is 0 Å². The minimum absolute atomic E-state index is 0.0569. The second-order valence-corrected chi connectivity index (χ2v) is 4.90. The third-order valence-corrected chi connectivity index (χ3v) is 3.26. The number of esters is 2. The minimum Gasteiger partial charge on any atom is -0.469 e. The summed E-state index contributed by atoms with van der Waals surface area (Å²) >= 11 is 0. The quantitative estimate of drug-likeness (QED) is 0.785. The summed E-state index contributed by atoms with van der Waals surface area (Å²) in [4.78, 5) is 35.4. The third-order valence-electron chi connectivity index (χ3n) is 3.26. The lowest BCUT2D eigenvalue weighted by Gasteiger charge is -2.19. The normalized spacial score (nSPS) is 12.4. The van der Waals surface area contributed by atoms with Crippen LogP contribution in [0.25, 0.3) is 0 Å². The molecule has 0 saturated heterocycles. The van der Waals surface area contributed by atoms with Crippen LogP contribution in [-0.2, 0) is 19.1 Å². The van der Waals surface area contributed by atoms with Gasteiger partial charge in [-0.1, -0.05) is 6.92 Å². The average molecular weight is 318 g/mol. The van der Waals surface area contributed by atoms with E-state index < -0.39 is 29.8 Å². The highest BCUT2D eigenvalue weighted by atomic mass is 16.5. The van der Waals surface area contributed by atoms with Gasteiger partial charge in [-0.05, 0) is 30.7 Å². The van der Waals surface area contributed by atoms with E-state index in [-0.39, 0.29) is 6.42 Å². The Kier molecular flexibility index (Phi) is 6.74. The molecule has 7 nitrogen and oxygen atoms in total. The molecule has 0 aromatic heterocycles. The van der Waals surface area contributed by atoms with Crippen LogP contribution in [0.1, 0.15) is 29.3 Å². The molecule has 7 heteroatoms.